The summed E-state index contributed by atoms with van der Waals surface area (Å²) < 4.78 is 20.7. The van der Waals surface area contributed by atoms with Crippen LogP contribution in [0.15, 0.2) is 36.7 Å². The smallest absolute Gasteiger partial charge is 0.272 e. The zero-order chi connectivity index (χ0) is 19.7. The van der Waals surface area contributed by atoms with Gasteiger partial charge in [-0.2, -0.15) is 5.10 Å². The van der Waals surface area contributed by atoms with E-state index in [0.717, 1.165) is 28.7 Å². The van der Waals surface area contributed by atoms with Crippen molar-refractivity contribution in [2.45, 2.75) is 26.5 Å². The first-order valence-electron chi connectivity index (χ1n) is 9.01. The lowest BCUT2D eigenvalue weighted by Crippen LogP contribution is -2.37. The summed E-state index contributed by atoms with van der Waals surface area (Å²) in [6.07, 6.45) is 3.45. The molecule has 3 aromatic rings. The molecule has 3 aromatic heterocycles. The number of halogens is 1. The highest BCUT2D eigenvalue weighted by atomic mass is 19.1. The van der Waals surface area contributed by atoms with Crippen LogP contribution in [0.2, 0.25) is 0 Å². The van der Waals surface area contributed by atoms with Crippen LogP contribution >= 0.6 is 0 Å². The molecular formula is C20H20FN5O2. The number of carbonyl (C=O) groups excluding carboxylic acids is 1. The molecule has 28 heavy (non-hydrogen) atoms. The molecule has 144 valence electrons. The van der Waals surface area contributed by atoms with Crippen LogP contribution in [0.4, 0.5) is 4.39 Å². The Hall–Kier alpha value is -3.29. The van der Waals surface area contributed by atoms with E-state index in [-0.39, 0.29) is 18.2 Å². The summed E-state index contributed by atoms with van der Waals surface area (Å²) in [5.74, 6) is -0.144. The molecule has 0 atom stereocenters. The van der Waals surface area contributed by atoms with Crippen molar-refractivity contribution in [3.05, 3.63) is 70.7 Å². The van der Waals surface area contributed by atoms with Gasteiger partial charge in [-0.3, -0.25) is 9.48 Å². The fraction of sp³-hybridized carbons (Fsp3) is 0.300. The molecule has 1 aliphatic heterocycles. The highest BCUT2D eigenvalue weighted by Crippen LogP contribution is 2.24. The lowest BCUT2D eigenvalue weighted by Gasteiger charge is -2.27. The molecule has 4 rings (SSSR count). The van der Waals surface area contributed by atoms with Crippen LogP contribution in [-0.2, 0) is 26.6 Å². The Morgan fingerprint density at radius 2 is 2.14 bits per heavy atom. The summed E-state index contributed by atoms with van der Waals surface area (Å²) in [7, 11) is 1.90. The standard InChI is InChI=1S/C20H20FN5O2/c1-13-5-7-22-19(9-13)28-12-17-15-11-26(8-6-18(15)25(2)24-17)20(27)16-4-3-14(21)10-23-16/h3-5,7,9-10H,6,8,11-12H2,1-2H3. The molecule has 0 aliphatic carbocycles. The second-order valence-electron chi connectivity index (χ2n) is 6.79. The Morgan fingerprint density at radius 3 is 2.89 bits per heavy atom. The lowest BCUT2D eigenvalue weighted by atomic mass is 10.0. The zero-order valence-corrected chi connectivity index (χ0v) is 15.7. The van der Waals surface area contributed by atoms with Crippen LogP contribution in [0.5, 0.6) is 5.88 Å². The highest BCUT2D eigenvalue weighted by Gasteiger charge is 2.28. The molecule has 0 saturated carbocycles. The number of ether oxygens (including phenoxy) is 1. The third kappa shape index (κ3) is 3.58. The Morgan fingerprint density at radius 1 is 1.29 bits per heavy atom. The average Bonchev–Trinajstić information content (AvgIpc) is 3.02. The van der Waals surface area contributed by atoms with Crippen LogP contribution in [0.1, 0.15) is 33.0 Å². The summed E-state index contributed by atoms with van der Waals surface area (Å²) in [6.45, 7) is 3.23. The summed E-state index contributed by atoms with van der Waals surface area (Å²) in [5.41, 5.74) is 4.15. The highest BCUT2D eigenvalue weighted by molar-refractivity contribution is 5.92. The number of aryl methyl sites for hydroxylation is 2. The molecule has 7 nitrogen and oxygen atoms in total. The van der Waals surface area contributed by atoms with Gasteiger partial charge in [0, 0.05) is 50.1 Å². The first-order chi connectivity index (χ1) is 13.5. The minimum atomic E-state index is -0.464. The maximum absolute atomic E-state index is 13.1. The van der Waals surface area contributed by atoms with Crippen molar-refractivity contribution in [2.24, 2.45) is 7.05 Å². The lowest BCUT2D eigenvalue weighted by molar-refractivity contribution is 0.0726. The molecule has 4 heterocycles. The topological polar surface area (TPSA) is 73.1 Å². The Balaban J connectivity index is 1.52. The van der Waals surface area contributed by atoms with Crippen molar-refractivity contribution < 1.29 is 13.9 Å². The van der Waals surface area contributed by atoms with Gasteiger partial charge in [0.2, 0.25) is 5.88 Å². The van der Waals surface area contributed by atoms with Gasteiger partial charge in [-0.15, -0.1) is 0 Å². The predicted octanol–water partition coefficient (Wildman–Crippen LogP) is 2.44. The predicted molar refractivity (Wildman–Crippen MR) is 99.2 cm³/mol. The minimum Gasteiger partial charge on any atom is -0.471 e. The van der Waals surface area contributed by atoms with Crippen LogP contribution in [0.25, 0.3) is 0 Å². The molecule has 1 aliphatic rings. The Kier molecular flexibility index (Phi) is 4.77. The fourth-order valence-corrected chi connectivity index (χ4v) is 3.35. The van der Waals surface area contributed by atoms with E-state index in [9.17, 15) is 9.18 Å². The van der Waals surface area contributed by atoms with E-state index in [4.69, 9.17) is 4.74 Å². The minimum absolute atomic E-state index is 0.221. The number of hydrogen-bond donors (Lipinski definition) is 0. The normalized spacial score (nSPS) is 13.3. The number of rotatable bonds is 4. The van der Waals surface area contributed by atoms with Crippen LogP contribution in [0.3, 0.4) is 0 Å². The van der Waals surface area contributed by atoms with Gasteiger partial charge < -0.3 is 9.64 Å². The number of amides is 1. The van der Waals surface area contributed by atoms with Crippen LogP contribution in [-0.4, -0.2) is 37.1 Å². The number of nitrogens with zero attached hydrogens (tertiary/aromatic N) is 5. The largest absolute Gasteiger partial charge is 0.471 e. The molecule has 8 heteroatoms. The van der Waals surface area contributed by atoms with E-state index in [1.54, 1.807) is 11.1 Å². The van der Waals surface area contributed by atoms with Crippen molar-refractivity contribution in [1.82, 2.24) is 24.6 Å². The summed E-state index contributed by atoms with van der Waals surface area (Å²) in [6, 6.07) is 6.42. The summed E-state index contributed by atoms with van der Waals surface area (Å²) in [4.78, 5) is 22.5. The number of hydrogen-bond acceptors (Lipinski definition) is 5. The molecule has 0 saturated heterocycles. The number of carbonyl (C=O) groups is 1. The van der Waals surface area contributed by atoms with Gasteiger partial charge in [0.05, 0.1) is 6.20 Å². The second kappa shape index (κ2) is 7.38. The van der Waals surface area contributed by atoms with Crippen molar-refractivity contribution in [3.8, 4) is 5.88 Å². The van der Waals surface area contributed by atoms with Crippen molar-refractivity contribution in [2.75, 3.05) is 6.54 Å². The molecule has 0 fully saturated rings. The monoisotopic (exact) mass is 381 g/mol. The molecule has 0 radical (unpaired) electrons. The number of aromatic nitrogens is 4. The first-order valence-corrected chi connectivity index (χ1v) is 9.01. The number of pyridine rings is 2. The third-order valence-electron chi connectivity index (χ3n) is 4.81. The molecule has 0 spiro atoms. The molecule has 1 amide bonds. The van der Waals surface area contributed by atoms with Crippen molar-refractivity contribution >= 4 is 5.91 Å². The maximum atomic E-state index is 13.1. The molecule has 0 N–H and O–H groups in total. The maximum Gasteiger partial charge on any atom is 0.272 e. The van der Waals surface area contributed by atoms with Crippen LogP contribution < -0.4 is 4.74 Å². The quantitative estimate of drug-likeness (QED) is 0.694. The second-order valence-corrected chi connectivity index (χ2v) is 6.79. The van der Waals surface area contributed by atoms with E-state index < -0.39 is 5.82 Å². The van der Waals surface area contributed by atoms with Crippen LogP contribution in [0, 0.1) is 12.7 Å². The van der Waals surface area contributed by atoms with E-state index in [1.165, 1.54) is 12.1 Å². The third-order valence-corrected chi connectivity index (χ3v) is 4.81. The molecule has 0 unspecified atom stereocenters. The van der Waals surface area contributed by atoms with Gasteiger partial charge in [0.1, 0.15) is 23.8 Å². The van der Waals surface area contributed by atoms with Gasteiger partial charge in [-0.1, -0.05) is 0 Å². The van der Waals surface area contributed by atoms with Gasteiger partial charge in [0.15, 0.2) is 0 Å². The SMILES string of the molecule is Cc1ccnc(OCc2nn(C)c3c2CN(C(=O)c2ccc(F)cn2)CC3)c1. The van der Waals surface area contributed by atoms with E-state index in [2.05, 4.69) is 15.1 Å². The molecular weight excluding hydrogens is 361 g/mol. The van der Waals surface area contributed by atoms with Gasteiger partial charge in [0.25, 0.3) is 5.91 Å². The van der Waals surface area contributed by atoms with E-state index in [0.29, 0.717) is 25.4 Å². The molecule has 0 bridgehead atoms. The average molecular weight is 381 g/mol. The Labute approximate surface area is 161 Å². The first kappa shape index (κ1) is 18.1. The Bertz CT molecular complexity index is 1020. The van der Waals surface area contributed by atoms with Gasteiger partial charge in [-0.05, 0) is 30.7 Å². The van der Waals surface area contributed by atoms with E-state index >= 15 is 0 Å². The van der Waals surface area contributed by atoms with E-state index in [1.807, 2.05) is 30.8 Å². The number of fused-ring (bicyclic) bond motifs is 1. The van der Waals surface area contributed by atoms with Gasteiger partial charge in [-0.25, -0.2) is 14.4 Å². The zero-order valence-electron chi connectivity index (χ0n) is 15.7. The van der Waals surface area contributed by atoms with Crippen molar-refractivity contribution in [3.63, 3.8) is 0 Å². The summed E-state index contributed by atoms with van der Waals surface area (Å²) >= 11 is 0. The molecule has 0 aromatic carbocycles. The van der Waals surface area contributed by atoms with Gasteiger partial charge >= 0.3 is 0 Å². The fourth-order valence-electron chi connectivity index (χ4n) is 3.35. The summed E-state index contributed by atoms with van der Waals surface area (Å²) in [5, 5.41) is 4.57. The van der Waals surface area contributed by atoms with Crippen molar-refractivity contribution in [1.29, 1.82) is 0 Å².